The molecule has 0 aromatic heterocycles. The molecule has 1 amide bonds. The second-order valence-electron chi connectivity index (χ2n) is 4.93. The average molecular weight is 377 g/mol. The van der Waals surface area contributed by atoms with E-state index in [-0.39, 0.29) is 22.6 Å². The summed E-state index contributed by atoms with van der Waals surface area (Å²) < 4.78 is 33.4. The third-order valence-electron chi connectivity index (χ3n) is 3.36. The third-order valence-corrected chi connectivity index (χ3v) is 5.40. The Morgan fingerprint density at radius 2 is 2.14 bits per heavy atom. The zero-order chi connectivity index (χ0) is 15.6. The highest BCUT2D eigenvalue weighted by Crippen LogP contribution is 2.27. The van der Waals surface area contributed by atoms with Crippen molar-refractivity contribution in [3.8, 4) is 5.75 Å². The Kier molecular flexibility index (Phi) is 4.90. The van der Waals surface area contributed by atoms with E-state index < -0.39 is 10.0 Å². The molecular weight excluding hydrogens is 360 g/mol. The number of carbonyl (C=O) groups is 1. The predicted octanol–water partition coefficient (Wildman–Crippen LogP) is 1.36. The maximum atomic E-state index is 12.5. The molecule has 0 bridgehead atoms. The van der Waals surface area contributed by atoms with Crippen molar-refractivity contribution >= 4 is 31.9 Å². The molecular formula is C13H17BrN2O4S. The minimum Gasteiger partial charge on any atom is -0.495 e. The molecule has 1 aliphatic heterocycles. The number of piperidine rings is 1. The minimum absolute atomic E-state index is 0.0329. The fourth-order valence-corrected chi connectivity index (χ4v) is 4.22. The molecule has 21 heavy (non-hydrogen) atoms. The highest BCUT2D eigenvalue weighted by Gasteiger charge is 2.28. The number of likely N-dealkylation sites (tertiary alicyclic amines) is 1. The summed E-state index contributed by atoms with van der Waals surface area (Å²) in [6, 6.07) is 4.51. The fourth-order valence-electron chi connectivity index (χ4n) is 2.25. The van der Waals surface area contributed by atoms with Gasteiger partial charge >= 0.3 is 0 Å². The molecule has 0 aliphatic carbocycles. The number of nitrogens with one attached hydrogen (secondary N) is 1. The van der Waals surface area contributed by atoms with Crippen molar-refractivity contribution < 1.29 is 17.9 Å². The number of carbonyl (C=O) groups excluding carboxylic acids is 1. The van der Waals surface area contributed by atoms with Crippen LogP contribution in [0.4, 0.5) is 0 Å². The molecule has 1 N–H and O–H groups in total. The number of nitrogens with zero attached hydrogens (tertiary/aromatic N) is 1. The van der Waals surface area contributed by atoms with Crippen LogP contribution in [0, 0.1) is 0 Å². The van der Waals surface area contributed by atoms with Gasteiger partial charge in [0.1, 0.15) is 10.6 Å². The molecule has 0 spiro atoms. The van der Waals surface area contributed by atoms with Crippen LogP contribution in [0.1, 0.15) is 12.8 Å². The lowest BCUT2D eigenvalue weighted by molar-refractivity contribution is -0.132. The van der Waals surface area contributed by atoms with E-state index in [1.54, 1.807) is 19.2 Å². The molecule has 1 atom stereocenters. The Labute approximate surface area is 132 Å². The molecule has 116 valence electrons. The standard InChI is InChI=1S/C13H17BrN2O4S/c1-16-8-10(4-6-13(16)17)15-21(18,19)12-7-9(14)3-5-11(12)20-2/h3,5,7,10,15H,4,6,8H2,1-2H3. The molecule has 1 unspecified atom stereocenters. The Bertz CT molecular complexity index is 648. The fraction of sp³-hybridized carbons (Fsp3) is 0.462. The first-order valence-electron chi connectivity index (χ1n) is 6.43. The topological polar surface area (TPSA) is 75.7 Å². The number of methoxy groups -OCH3 is 1. The first-order chi connectivity index (χ1) is 9.83. The van der Waals surface area contributed by atoms with Crippen LogP contribution in [0.3, 0.4) is 0 Å². The van der Waals surface area contributed by atoms with Gasteiger partial charge in [-0.3, -0.25) is 4.79 Å². The highest BCUT2D eigenvalue weighted by atomic mass is 79.9. The lowest BCUT2D eigenvalue weighted by Gasteiger charge is -2.30. The third kappa shape index (κ3) is 3.75. The molecule has 2 rings (SSSR count). The Balaban J connectivity index is 2.23. The summed E-state index contributed by atoms with van der Waals surface area (Å²) in [5.41, 5.74) is 0. The van der Waals surface area contributed by atoms with Crippen LogP contribution in [0.5, 0.6) is 5.75 Å². The Hall–Kier alpha value is -1.12. The van der Waals surface area contributed by atoms with E-state index in [2.05, 4.69) is 20.7 Å². The number of hydrogen-bond acceptors (Lipinski definition) is 4. The van der Waals surface area contributed by atoms with Gasteiger partial charge in [-0.15, -0.1) is 0 Å². The highest BCUT2D eigenvalue weighted by molar-refractivity contribution is 9.10. The smallest absolute Gasteiger partial charge is 0.244 e. The number of ether oxygens (including phenoxy) is 1. The van der Waals surface area contributed by atoms with Crippen molar-refractivity contribution in [3.05, 3.63) is 22.7 Å². The van der Waals surface area contributed by atoms with Gasteiger partial charge in [0.25, 0.3) is 0 Å². The van der Waals surface area contributed by atoms with Crippen LogP contribution in [0.25, 0.3) is 0 Å². The first kappa shape index (κ1) is 16.3. The van der Waals surface area contributed by atoms with Crippen LogP contribution < -0.4 is 9.46 Å². The second-order valence-corrected chi connectivity index (χ2v) is 7.52. The van der Waals surface area contributed by atoms with Gasteiger partial charge in [-0.2, -0.15) is 0 Å². The second kappa shape index (κ2) is 6.33. The number of halogens is 1. The molecule has 1 heterocycles. The summed E-state index contributed by atoms with van der Waals surface area (Å²) in [4.78, 5) is 13.1. The molecule has 1 aromatic carbocycles. The lowest BCUT2D eigenvalue weighted by Crippen LogP contribution is -2.48. The van der Waals surface area contributed by atoms with E-state index >= 15 is 0 Å². The molecule has 1 saturated heterocycles. The van der Waals surface area contributed by atoms with Gasteiger partial charge in [0.15, 0.2) is 0 Å². The van der Waals surface area contributed by atoms with Crippen LogP contribution in [-0.2, 0) is 14.8 Å². The van der Waals surface area contributed by atoms with Gasteiger partial charge < -0.3 is 9.64 Å². The molecule has 8 heteroatoms. The maximum absolute atomic E-state index is 12.5. The summed E-state index contributed by atoms with van der Waals surface area (Å²) in [6.07, 6.45) is 0.845. The molecule has 0 saturated carbocycles. The summed E-state index contributed by atoms with van der Waals surface area (Å²) in [5, 5.41) is 0. The number of likely N-dealkylation sites (N-methyl/N-ethyl adjacent to an activating group) is 1. The zero-order valence-electron chi connectivity index (χ0n) is 11.8. The van der Waals surface area contributed by atoms with E-state index in [1.807, 2.05) is 0 Å². The van der Waals surface area contributed by atoms with Crippen LogP contribution in [0.15, 0.2) is 27.6 Å². The average Bonchev–Trinajstić information content (AvgIpc) is 2.42. The molecule has 1 aliphatic rings. The summed E-state index contributed by atoms with van der Waals surface area (Å²) in [7, 11) is -0.614. The maximum Gasteiger partial charge on any atom is 0.244 e. The van der Waals surface area contributed by atoms with Gasteiger partial charge in [-0.05, 0) is 24.6 Å². The Morgan fingerprint density at radius 3 is 2.76 bits per heavy atom. The summed E-state index contributed by atoms with van der Waals surface area (Å²) in [6.45, 7) is 0.369. The van der Waals surface area contributed by atoms with E-state index in [0.29, 0.717) is 23.9 Å². The number of sulfonamides is 1. The van der Waals surface area contributed by atoms with Gasteiger partial charge in [0.2, 0.25) is 15.9 Å². The van der Waals surface area contributed by atoms with Crippen molar-refractivity contribution in [1.82, 2.24) is 9.62 Å². The molecule has 1 fully saturated rings. The van der Waals surface area contributed by atoms with Crippen molar-refractivity contribution in [1.29, 1.82) is 0 Å². The largest absolute Gasteiger partial charge is 0.495 e. The normalized spacial score (nSPS) is 19.7. The van der Waals surface area contributed by atoms with Crippen LogP contribution in [-0.4, -0.2) is 46.0 Å². The van der Waals surface area contributed by atoms with Crippen LogP contribution in [0.2, 0.25) is 0 Å². The van der Waals surface area contributed by atoms with E-state index in [9.17, 15) is 13.2 Å². The molecule has 0 radical (unpaired) electrons. The lowest BCUT2D eigenvalue weighted by atomic mass is 10.1. The van der Waals surface area contributed by atoms with E-state index in [0.717, 1.165) is 0 Å². The van der Waals surface area contributed by atoms with Crippen molar-refractivity contribution in [2.45, 2.75) is 23.8 Å². The number of benzene rings is 1. The van der Waals surface area contributed by atoms with Crippen molar-refractivity contribution in [2.24, 2.45) is 0 Å². The first-order valence-corrected chi connectivity index (χ1v) is 8.71. The monoisotopic (exact) mass is 376 g/mol. The van der Waals surface area contributed by atoms with Crippen LogP contribution >= 0.6 is 15.9 Å². The predicted molar refractivity (Wildman–Crippen MR) is 81.7 cm³/mol. The van der Waals surface area contributed by atoms with Gasteiger partial charge in [0, 0.05) is 30.5 Å². The number of hydrogen-bond donors (Lipinski definition) is 1. The van der Waals surface area contributed by atoms with E-state index in [1.165, 1.54) is 18.1 Å². The SMILES string of the molecule is COc1ccc(Br)cc1S(=O)(=O)NC1CCC(=O)N(C)C1. The Morgan fingerprint density at radius 1 is 1.43 bits per heavy atom. The molecule has 6 nitrogen and oxygen atoms in total. The quantitative estimate of drug-likeness (QED) is 0.860. The van der Waals surface area contributed by atoms with Gasteiger partial charge in [-0.25, -0.2) is 13.1 Å². The summed E-state index contributed by atoms with van der Waals surface area (Å²) in [5.74, 6) is 0.316. The number of amides is 1. The minimum atomic E-state index is -3.71. The van der Waals surface area contributed by atoms with Crippen molar-refractivity contribution in [2.75, 3.05) is 20.7 Å². The summed E-state index contributed by atoms with van der Waals surface area (Å²) >= 11 is 3.26. The van der Waals surface area contributed by atoms with Gasteiger partial charge in [0.05, 0.1) is 7.11 Å². The van der Waals surface area contributed by atoms with Crippen molar-refractivity contribution in [3.63, 3.8) is 0 Å². The number of rotatable bonds is 4. The molecule has 1 aromatic rings. The zero-order valence-corrected chi connectivity index (χ0v) is 14.2. The van der Waals surface area contributed by atoms with Gasteiger partial charge in [-0.1, -0.05) is 15.9 Å². The van der Waals surface area contributed by atoms with E-state index in [4.69, 9.17) is 4.74 Å².